The van der Waals surface area contributed by atoms with Crippen LogP contribution in [0, 0.1) is 0 Å². The SMILES string of the molecule is CCC[C@H](c1ccc2c(c1)OCCO2)N1CCNCC1. The summed E-state index contributed by atoms with van der Waals surface area (Å²) in [6, 6.07) is 6.94. The van der Waals surface area contributed by atoms with Gasteiger partial charge in [0.1, 0.15) is 13.2 Å². The van der Waals surface area contributed by atoms with E-state index < -0.39 is 0 Å². The Morgan fingerprint density at radius 2 is 1.90 bits per heavy atom. The standard InChI is InChI=1S/C16H24N2O2/c1-2-3-14(18-8-6-17-7-9-18)13-4-5-15-16(12-13)20-11-10-19-15/h4-5,12,14,17H,2-3,6-11H2,1H3/t14-/m1/s1. The van der Waals surface area contributed by atoms with Crippen LogP contribution < -0.4 is 14.8 Å². The molecule has 0 aromatic heterocycles. The Hall–Kier alpha value is -1.26. The molecular weight excluding hydrogens is 252 g/mol. The van der Waals surface area contributed by atoms with Gasteiger partial charge in [-0.3, -0.25) is 4.90 Å². The van der Waals surface area contributed by atoms with Gasteiger partial charge in [-0.15, -0.1) is 0 Å². The number of ether oxygens (including phenoxy) is 2. The second kappa shape index (κ2) is 6.46. The summed E-state index contributed by atoms with van der Waals surface area (Å²) in [5.74, 6) is 1.79. The Morgan fingerprint density at radius 3 is 2.65 bits per heavy atom. The van der Waals surface area contributed by atoms with Crippen LogP contribution in [0.1, 0.15) is 31.4 Å². The number of piperazine rings is 1. The molecule has 20 heavy (non-hydrogen) atoms. The summed E-state index contributed by atoms with van der Waals surface area (Å²) in [6.07, 6.45) is 2.39. The van der Waals surface area contributed by atoms with Crippen LogP contribution in [0.15, 0.2) is 18.2 Å². The smallest absolute Gasteiger partial charge is 0.161 e. The quantitative estimate of drug-likeness (QED) is 0.914. The largest absolute Gasteiger partial charge is 0.486 e. The van der Waals surface area contributed by atoms with Gasteiger partial charge in [0.2, 0.25) is 0 Å². The van der Waals surface area contributed by atoms with Crippen molar-refractivity contribution in [3.05, 3.63) is 23.8 Å². The van der Waals surface area contributed by atoms with E-state index in [0.29, 0.717) is 19.3 Å². The maximum Gasteiger partial charge on any atom is 0.161 e. The maximum atomic E-state index is 5.72. The van der Waals surface area contributed by atoms with Crippen LogP contribution in [0.25, 0.3) is 0 Å². The fraction of sp³-hybridized carbons (Fsp3) is 0.625. The van der Waals surface area contributed by atoms with Gasteiger partial charge in [0, 0.05) is 32.2 Å². The van der Waals surface area contributed by atoms with Crippen LogP contribution in [-0.2, 0) is 0 Å². The Morgan fingerprint density at radius 1 is 1.15 bits per heavy atom. The first-order chi connectivity index (χ1) is 9.88. The molecular formula is C16H24N2O2. The first-order valence-corrected chi connectivity index (χ1v) is 7.73. The normalized spacial score (nSPS) is 20.6. The molecule has 0 spiro atoms. The third kappa shape index (κ3) is 2.91. The van der Waals surface area contributed by atoms with Crippen molar-refractivity contribution in [1.29, 1.82) is 0 Å². The van der Waals surface area contributed by atoms with Crippen LogP contribution in [0.3, 0.4) is 0 Å². The molecule has 1 fully saturated rings. The lowest BCUT2D eigenvalue weighted by molar-refractivity contribution is 0.159. The molecule has 1 aromatic rings. The van der Waals surface area contributed by atoms with Crippen molar-refractivity contribution in [2.45, 2.75) is 25.8 Å². The zero-order valence-electron chi connectivity index (χ0n) is 12.2. The van der Waals surface area contributed by atoms with E-state index in [1.54, 1.807) is 0 Å². The minimum Gasteiger partial charge on any atom is -0.486 e. The Labute approximate surface area is 121 Å². The first-order valence-electron chi connectivity index (χ1n) is 7.73. The van der Waals surface area contributed by atoms with Crippen molar-refractivity contribution >= 4 is 0 Å². The summed E-state index contributed by atoms with van der Waals surface area (Å²) in [5.41, 5.74) is 1.36. The molecule has 4 nitrogen and oxygen atoms in total. The van der Waals surface area contributed by atoms with E-state index in [2.05, 4.69) is 35.3 Å². The lowest BCUT2D eigenvalue weighted by Gasteiger charge is -2.35. The molecule has 2 heterocycles. The monoisotopic (exact) mass is 276 g/mol. The number of hydrogen-bond donors (Lipinski definition) is 1. The fourth-order valence-corrected chi connectivity index (χ4v) is 3.09. The third-order valence-corrected chi connectivity index (χ3v) is 4.11. The van der Waals surface area contributed by atoms with Crippen molar-refractivity contribution in [2.75, 3.05) is 39.4 Å². The van der Waals surface area contributed by atoms with Gasteiger partial charge in [-0.25, -0.2) is 0 Å². The lowest BCUT2D eigenvalue weighted by Crippen LogP contribution is -2.45. The van der Waals surface area contributed by atoms with Crippen molar-refractivity contribution in [1.82, 2.24) is 10.2 Å². The molecule has 2 aliphatic heterocycles. The molecule has 0 radical (unpaired) electrons. The summed E-state index contributed by atoms with van der Waals surface area (Å²) in [7, 11) is 0. The first kappa shape index (κ1) is 13.7. The third-order valence-electron chi connectivity index (χ3n) is 4.11. The van der Waals surface area contributed by atoms with Crippen LogP contribution in [0.2, 0.25) is 0 Å². The average molecular weight is 276 g/mol. The highest BCUT2D eigenvalue weighted by Crippen LogP contribution is 2.35. The van der Waals surface area contributed by atoms with Crippen LogP contribution in [0.4, 0.5) is 0 Å². The highest BCUT2D eigenvalue weighted by Gasteiger charge is 2.23. The summed E-state index contributed by atoms with van der Waals surface area (Å²) in [5, 5.41) is 3.43. The fourth-order valence-electron chi connectivity index (χ4n) is 3.09. The van der Waals surface area contributed by atoms with Crippen molar-refractivity contribution < 1.29 is 9.47 Å². The number of hydrogen-bond acceptors (Lipinski definition) is 4. The molecule has 3 rings (SSSR count). The van der Waals surface area contributed by atoms with E-state index in [-0.39, 0.29) is 0 Å². The van der Waals surface area contributed by atoms with E-state index in [0.717, 1.165) is 37.7 Å². The van der Waals surface area contributed by atoms with Gasteiger partial charge < -0.3 is 14.8 Å². The summed E-state index contributed by atoms with van der Waals surface area (Å²) in [4.78, 5) is 2.59. The molecule has 1 aromatic carbocycles. The zero-order valence-corrected chi connectivity index (χ0v) is 12.2. The van der Waals surface area contributed by atoms with E-state index in [4.69, 9.17) is 9.47 Å². The van der Waals surface area contributed by atoms with Gasteiger partial charge in [0.05, 0.1) is 0 Å². The zero-order chi connectivity index (χ0) is 13.8. The van der Waals surface area contributed by atoms with Gasteiger partial charge in [-0.1, -0.05) is 19.4 Å². The molecule has 1 atom stereocenters. The Bertz CT molecular complexity index is 444. The highest BCUT2D eigenvalue weighted by atomic mass is 16.6. The van der Waals surface area contributed by atoms with Crippen LogP contribution in [-0.4, -0.2) is 44.3 Å². The van der Waals surface area contributed by atoms with Crippen molar-refractivity contribution in [3.63, 3.8) is 0 Å². The minimum atomic E-state index is 0.498. The number of nitrogens with zero attached hydrogens (tertiary/aromatic N) is 1. The number of benzene rings is 1. The number of nitrogens with one attached hydrogen (secondary N) is 1. The van der Waals surface area contributed by atoms with Crippen molar-refractivity contribution in [2.24, 2.45) is 0 Å². The molecule has 0 bridgehead atoms. The van der Waals surface area contributed by atoms with E-state index >= 15 is 0 Å². The van der Waals surface area contributed by atoms with E-state index in [1.807, 2.05) is 0 Å². The molecule has 2 aliphatic rings. The lowest BCUT2D eigenvalue weighted by atomic mass is 9.99. The van der Waals surface area contributed by atoms with Gasteiger partial charge in [-0.05, 0) is 24.1 Å². The van der Waals surface area contributed by atoms with Crippen LogP contribution >= 0.6 is 0 Å². The van der Waals surface area contributed by atoms with Gasteiger partial charge in [0.25, 0.3) is 0 Å². The molecule has 1 saturated heterocycles. The second-order valence-electron chi connectivity index (χ2n) is 5.49. The predicted molar refractivity (Wildman–Crippen MR) is 79.5 cm³/mol. The number of rotatable bonds is 4. The highest BCUT2D eigenvalue weighted by molar-refractivity contribution is 5.44. The Balaban J connectivity index is 1.82. The second-order valence-corrected chi connectivity index (χ2v) is 5.49. The van der Waals surface area contributed by atoms with Crippen LogP contribution in [0.5, 0.6) is 11.5 Å². The molecule has 4 heteroatoms. The molecule has 0 unspecified atom stereocenters. The summed E-state index contributed by atoms with van der Waals surface area (Å²) < 4.78 is 11.3. The van der Waals surface area contributed by atoms with Gasteiger partial charge in [-0.2, -0.15) is 0 Å². The summed E-state index contributed by atoms with van der Waals surface area (Å²) >= 11 is 0. The molecule has 0 amide bonds. The average Bonchev–Trinajstić information content (AvgIpc) is 2.53. The molecule has 0 aliphatic carbocycles. The molecule has 1 N–H and O–H groups in total. The molecule has 110 valence electrons. The maximum absolute atomic E-state index is 5.72. The van der Waals surface area contributed by atoms with Crippen molar-refractivity contribution in [3.8, 4) is 11.5 Å². The Kier molecular flexibility index (Phi) is 4.43. The predicted octanol–water partition coefficient (Wildman–Crippen LogP) is 2.20. The van der Waals surface area contributed by atoms with Gasteiger partial charge >= 0.3 is 0 Å². The van der Waals surface area contributed by atoms with E-state index in [1.165, 1.54) is 18.4 Å². The van der Waals surface area contributed by atoms with E-state index in [9.17, 15) is 0 Å². The molecule has 0 saturated carbocycles. The minimum absolute atomic E-state index is 0.498. The van der Waals surface area contributed by atoms with Gasteiger partial charge in [0.15, 0.2) is 11.5 Å². The summed E-state index contributed by atoms with van der Waals surface area (Å²) in [6.45, 7) is 7.99. The number of fused-ring (bicyclic) bond motifs is 1. The topological polar surface area (TPSA) is 33.7 Å².